The molecule has 0 saturated carbocycles. The van der Waals surface area contributed by atoms with Gasteiger partial charge in [-0.05, 0) is 12.1 Å². The predicted molar refractivity (Wildman–Crippen MR) is 53.3 cm³/mol. The second-order valence-electron chi connectivity index (χ2n) is 2.82. The molecule has 2 aromatic rings. The van der Waals surface area contributed by atoms with Gasteiger partial charge in [-0.1, -0.05) is 16.8 Å². The Morgan fingerprint density at radius 3 is 3.13 bits per heavy atom. The maximum Gasteiger partial charge on any atom is 0.258 e. The number of rotatable bonds is 3. The van der Waals surface area contributed by atoms with Crippen LogP contribution < -0.4 is 0 Å². The highest BCUT2D eigenvalue weighted by Gasteiger charge is 2.08. The Bertz CT molecular complexity index is 458. The molecule has 0 saturated heterocycles. The van der Waals surface area contributed by atoms with E-state index in [2.05, 4.69) is 15.1 Å². The van der Waals surface area contributed by atoms with E-state index in [4.69, 9.17) is 20.9 Å². The average Bonchev–Trinajstić information content (AvgIpc) is 2.67. The first-order chi connectivity index (χ1) is 7.29. The molecule has 0 aliphatic rings. The molecule has 2 heterocycles. The van der Waals surface area contributed by atoms with E-state index in [0.29, 0.717) is 23.5 Å². The Morgan fingerprint density at radius 1 is 1.53 bits per heavy atom. The molecule has 0 radical (unpaired) electrons. The largest absolute Gasteiger partial charge is 0.377 e. The van der Waals surface area contributed by atoms with Crippen LogP contribution in [0.4, 0.5) is 0 Å². The van der Waals surface area contributed by atoms with Gasteiger partial charge < -0.3 is 9.26 Å². The zero-order valence-corrected chi connectivity index (χ0v) is 8.73. The van der Waals surface area contributed by atoms with Crippen LogP contribution in [0.25, 0.3) is 11.5 Å². The quantitative estimate of drug-likeness (QED) is 0.747. The Labute approximate surface area is 91.0 Å². The normalized spacial score (nSPS) is 10.5. The minimum atomic E-state index is 0.322. The van der Waals surface area contributed by atoms with Crippen molar-refractivity contribution < 1.29 is 9.26 Å². The Morgan fingerprint density at radius 2 is 2.40 bits per heavy atom. The lowest BCUT2D eigenvalue weighted by molar-refractivity contribution is 0.174. The number of pyridine rings is 1. The molecule has 0 bridgehead atoms. The molecule has 6 heteroatoms. The van der Waals surface area contributed by atoms with E-state index < -0.39 is 0 Å². The van der Waals surface area contributed by atoms with Gasteiger partial charge in [-0.2, -0.15) is 4.98 Å². The molecule has 0 atom stereocenters. The third kappa shape index (κ3) is 2.31. The fourth-order valence-corrected chi connectivity index (χ4v) is 1.27. The van der Waals surface area contributed by atoms with Gasteiger partial charge in [-0.25, -0.2) is 4.98 Å². The van der Waals surface area contributed by atoms with E-state index >= 15 is 0 Å². The van der Waals surface area contributed by atoms with Crippen LogP contribution in [0, 0.1) is 0 Å². The maximum absolute atomic E-state index is 5.74. The molecular formula is C9H8ClN3O2. The predicted octanol–water partition coefficient (Wildman–Crippen LogP) is 1.93. The number of hydrogen-bond acceptors (Lipinski definition) is 5. The second-order valence-corrected chi connectivity index (χ2v) is 3.20. The summed E-state index contributed by atoms with van der Waals surface area (Å²) >= 11 is 5.74. The van der Waals surface area contributed by atoms with Gasteiger partial charge in [-0.15, -0.1) is 0 Å². The van der Waals surface area contributed by atoms with Gasteiger partial charge in [0.25, 0.3) is 5.89 Å². The SMILES string of the molecule is COCc1noc(-c2ccnc(Cl)c2)n1. The Hall–Kier alpha value is -1.46. The number of methoxy groups -OCH3 is 1. The van der Waals surface area contributed by atoms with Crippen molar-refractivity contribution in [3.63, 3.8) is 0 Å². The highest BCUT2D eigenvalue weighted by atomic mass is 35.5. The second kappa shape index (κ2) is 4.37. The monoisotopic (exact) mass is 225 g/mol. The van der Waals surface area contributed by atoms with Gasteiger partial charge in [0.05, 0.1) is 0 Å². The molecule has 0 aromatic carbocycles. The Balaban J connectivity index is 2.29. The zero-order chi connectivity index (χ0) is 10.7. The molecule has 0 aliphatic carbocycles. The number of hydrogen-bond donors (Lipinski definition) is 0. The lowest BCUT2D eigenvalue weighted by atomic mass is 10.3. The highest BCUT2D eigenvalue weighted by molar-refractivity contribution is 6.29. The smallest absolute Gasteiger partial charge is 0.258 e. The summed E-state index contributed by atoms with van der Waals surface area (Å²) in [5.74, 6) is 0.909. The summed E-state index contributed by atoms with van der Waals surface area (Å²) in [6, 6.07) is 3.40. The zero-order valence-electron chi connectivity index (χ0n) is 7.98. The van der Waals surface area contributed by atoms with Crippen molar-refractivity contribution in [2.24, 2.45) is 0 Å². The molecule has 5 nitrogen and oxygen atoms in total. The van der Waals surface area contributed by atoms with Crippen molar-refractivity contribution in [3.8, 4) is 11.5 Å². The molecular weight excluding hydrogens is 218 g/mol. The summed E-state index contributed by atoms with van der Waals surface area (Å²) in [6.07, 6.45) is 1.58. The van der Waals surface area contributed by atoms with E-state index in [1.54, 1.807) is 25.4 Å². The summed E-state index contributed by atoms with van der Waals surface area (Å²) in [6.45, 7) is 0.322. The third-order valence-electron chi connectivity index (χ3n) is 1.72. The van der Waals surface area contributed by atoms with Crippen molar-refractivity contribution in [3.05, 3.63) is 29.3 Å². The lowest BCUT2D eigenvalue weighted by Crippen LogP contribution is -1.89. The van der Waals surface area contributed by atoms with Gasteiger partial charge in [0.15, 0.2) is 5.82 Å². The van der Waals surface area contributed by atoms with E-state index in [1.807, 2.05) is 0 Å². The van der Waals surface area contributed by atoms with Crippen LogP contribution in [0.2, 0.25) is 5.15 Å². The number of ether oxygens (including phenoxy) is 1. The van der Waals surface area contributed by atoms with E-state index in [9.17, 15) is 0 Å². The maximum atomic E-state index is 5.74. The van der Waals surface area contributed by atoms with Crippen molar-refractivity contribution >= 4 is 11.6 Å². The number of halogens is 1. The molecule has 15 heavy (non-hydrogen) atoms. The van der Waals surface area contributed by atoms with Crippen molar-refractivity contribution in [2.75, 3.05) is 7.11 Å². The van der Waals surface area contributed by atoms with Gasteiger partial charge in [0.2, 0.25) is 0 Å². The standard InChI is InChI=1S/C9H8ClN3O2/c1-14-5-8-12-9(15-13-8)6-2-3-11-7(10)4-6/h2-4H,5H2,1H3. The third-order valence-corrected chi connectivity index (χ3v) is 1.92. The van der Waals surface area contributed by atoms with Gasteiger partial charge in [0, 0.05) is 18.9 Å². The number of nitrogens with zero attached hydrogens (tertiary/aromatic N) is 3. The van der Waals surface area contributed by atoms with E-state index in [-0.39, 0.29) is 0 Å². The summed E-state index contributed by atoms with van der Waals surface area (Å²) in [5, 5.41) is 4.13. The van der Waals surface area contributed by atoms with Crippen LogP contribution in [-0.2, 0) is 11.3 Å². The van der Waals surface area contributed by atoms with Crippen molar-refractivity contribution in [1.82, 2.24) is 15.1 Å². The summed E-state index contributed by atoms with van der Waals surface area (Å²) in [4.78, 5) is 7.98. The van der Waals surface area contributed by atoms with Crippen LogP contribution in [0.15, 0.2) is 22.9 Å². The molecule has 0 fully saturated rings. The summed E-state index contributed by atoms with van der Waals surface area (Å²) in [7, 11) is 1.57. The van der Waals surface area contributed by atoms with Crippen molar-refractivity contribution in [2.45, 2.75) is 6.61 Å². The molecule has 0 amide bonds. The fourth-order valence-electron chi connectivity index (χ4n) is 1.09. The molecule has 0 spiro atoms. The van der Waals surface area contributed by atoms with Gasteiger partial charge in [-0.3, -0.25) is 0 Å². The van der Waals surface area contributed by atoms with Gasteiger partial charge in [0.1, 0.15) is 11.8 Å². The molecule has 2 aromatic heterocycles. The Kier molecular flexibility index (Phi) is 2.94. The molecule has 0 N–H and O–H groups in total. The van der Waals surface area contributed by atoms with Crippen LogP contribution in [0.1, 0.15) is 5.82 Å². The molecule has 78 valence electrons. The lowest BCUT2D eigenvalue weighted by Gasteiger charge is -1.93. The first-order valence-electron chi connectivity index (χ1n) is 4.23. The van der Waals surface area contributed by atoms with E-state index in [1.165, 1.54) is 0 Å². The highest BCUT2D eigenvalue weighted by Crippen LogP contribution is 2.19. The molecule has 0 unspecified atom stereocenters. The van der Waals surface area contributed by atoms with Crippen molar-refractivity contribution in [1.29, 1.82) is 0 Å². The first-order valence-corrected chi connectivity index (χ1v) is 4.61. The van der Waals surface area contributed by atoms with Crippen LogP contribution in [-0.4, -0.2) is 22.2 Å². The van der Waals surface area contributed by atoms with Crippen LogP contribution in [0.3, 0.4) is 0 Å². The summed E-state index contributed by atoms with van der Waals surface area (Å²) < 4.78 is 9.91. The van der Waals surface area contributed by atoms with Crippen LogP contribution in [0.5, 0.6) is 0 Å². The average molecular weight is 226 g/mol. The summed E-state index contributed by atoms with van der Waals surface area (Å²) in [5.41, 5.74) is 0.741. The minimum Gasteiger partial charge on any atom is -0.377 e. The van der Waals surface area contributed by atoms with Crippen LogP contribution >= 0.6 is 11.6 Å². The molecule has 2 rings (SSSR count). The van der Waals surface area contributed by atoms with E-state index in [0.717, 1.165) is 5.56 Å². The fraction of sp³-hybridized carbons (Fsp3) is 0.222. The topological polar surface area (TPSA) is 61.0 Å². The van der Waals surface area contributed by atoms with Gasteiger partial charge >= 0.3 is 0 Å². The minimum absolute atomic E-state index is 0.322. The first kappa shape index (κ1) is 10.1. The molecule has 0 aliphatic heterocycles. The number of aromatic nitrogens is 3.